The molecule has 86 valence electrons. The molecule has 0 atom stereocenters. The summed E-state index contributed by atoms with van der Waals surface area (Å²) in [6, 6.07) is 7.25. The standard InChI is InChI=1S/C12H16N2O2/c13-10-3-1-2-4-11(10)14(7-8-15)12(16)9-5-6-9/h1-4,9,15H,5-8,13H2. The van der Waals surface area contributed by atoms with Gasteiger partial charge in [-0.3, -0.25) is 4.79 Å². The zero-order chi connectivity index (χ0) is 11.5. The Labute approximate surface area is 94.7 Å². The summed E-state index contributed by atoms with van der Waals surface area (Å²) < 4.78 is 0. The smallest absolute Gasteiger partial charge is 0.230 e. The molecule has 0 radical (unpaired) electrons. The minimum Gasteiger partial charge on any atom is -0.397 e. The normalized spacial score (nSPS) is 14.8. The van der Waals surface area contributed by atoms with Gasteiger partial charge in [-0.2, -0.15) is 0 Å². The summed E-state index contributed by atoms with van der Waals surface area (Å²) in [5.41, 5.74) is 7.11. The van der Waals surface area contributed by atoms with Gasteiger partial charge in [0.25, 0.3) is 0 Å². The Hall–Kier alpha value is -1.55. The van der Waals surface area contributed by atoms with Crippen molar-refractivity contribution in [2.75, 3.05) is 23.8 Å². The summed E-state index contributed by atoms with van der Waals surface area (Å²) in [5.74, 6) is 0.207. The number of anilines is 2. The molecule has 3 N–H and O–H groups in total. The van der Waals surface area contributed by atoms with Crippen molar-refractivity contribution in [3.05, 3.63) is 24.3 Å². The van der Waals surface area contributed by atoms with E-state index >= 15 is 0 Å². The number of hydrogen-bond donors (Lipinski definition) is 2. The van der Waals surface area contributed by atoms with Gasteiger partial charge in [-0.25, -0.2) is 0 Å². The fourth-order valence-corrected chi connectivity index (χ4v) is 1.73. The number of aliphatic hydroxyl groups excluding tert-OH is 1. The minimum atomic E-state index is -0.0488. The molecule has 0 saturated heterocycles. The first kappa shape index (κ1) is 11.0. The van der Waals surface area contributed by atoms with Crippen molar-refractivity contribution < 1.29 is 9.90 Å². The maximum absolute atomic E-state index is 12.0. The molecule has 1 saturated carbocycles. The summed E-state index contributed by atoms with van der Waals surface area (Å²) in [5, 5.41) is 9.01. The van der Waals surface area contributed by atoms with E-state index < -0.39 is 0 Å². The van der Waals surface area contributed by atoms with Crippen LogP contribution in [0, 0.1) is 5.92 Å². The van der Waals surface area contributed by atoms with E-state index in [0.717, 1.165) is 12.8 Å². The highest BCUT2D eigenvalue weighted by molar-refractivity contribution is 5.98. The summed E-state index contributed by atoms with van der Waals surface area (Å²) in [7, 11) is 0. The molecule has 1 aromatic rings. The van der Waals surface area contributed by atoms with Crippen LogP contribution in [0.3, 0.4) is 0 Å². The number of nitrogens with zero attached hydrogens (tertiary/aromatic N) is 1. The number of carbonyl (C=O) groups excluding carboxylic acids is 1. The van der Waals surface area contributed by atoms with E-state index in [1.165, 1.54) is 0 Å². The van der Waals surface area contributed by atoms with E-state index in [1.54, 1.807) is 11.0 Å². The van der Waals surface area contributed by atoms with Gasteiger partial charge in [0.2, 0.25) is 5.91 Å². The Bertz CT molecular complexity index is 388. The van der Waals surface area contributed by atoms with Gasteiger partial charge in [0.1, 0.15) is 0 Å². The number of hydrogen-bond acceptors (Lipinski definition) is 3. The summed E-state index contributed by atoms with van der Waals surface area (Å²) in [4.78, 5) is 13.6. The van der Waals surface area contributed by atoms with Crippen molar-refractivity contribution in [1.29, 1.82) is 0 Å². The van der Waals surface area contributed by atoms with Gasteiger partial charge in [-0.05, 0) is 25.0 Å². The molecule has 0 spiro atoms. The van der Waals surface area contributed by atoms with Crippen molar-refractivity contribution in [1.82, 2.24) is 0 Å². The molecule has 16 heavy (non-hydrogen) atoms. The first-order valence-corrected chi connectivity index (χ1v) is 5.50. The summed E-state index contributed by atoms with van der Waals surface area (Å²) >= 11 is 0. The zero-order valence-electron chi connectivity index (χ0n) is 9.10. The third kappa shape index (κ3) is 2.17. The Kier molecular flexibility index (Phi) is 3.10. The van der Waals surface area contributed by atoms with Crippen LogP contribution < -0.4 is 10.6 Å². The van der Waals surface area contributed by atoms with Crippen LogP contribution in [0.4, 0.5) is 11.4 Å². The van der Waals surface area contributed by atoms with Crippen LogP contribution in [0.15, 0.2) is 24.3 Å². The molecule has 1 aromatic carbocycles. The molecular formula is C12H16N2O2. The molecule has 1 aliphatic carbocycles. The maximum Gasteiger partial charge on any atom is 0.230 e. The third-order valence-corrected chi connectivity index (χ3v) is 2.74. The van der Waals surface area contributed by atoms with Gasteiger partial charge in [0.05, 0.1) is 18.0 Å². The lowest BCUT2D eigenvalue weighted by Gasteiger charge is -2.23. The number of amides is 1. The fraction of sp³-hybridized carbons (Fsp3) is 0.417. The Morgan fingerprint density at radius 1 is 1.44 bits per heavy atom. The lowest BCUT2D eigenvalue weighted by Crippen LogP contribution is -2.35. The van der Waals surface area contributed by atoms with Crippen LogP contribution in [-0.2, 0) is 4.79 Å². The van der Waals surface area contributed by atoms with Crippen molar-refractivity contribution in [2.24, 2.45) is 5.92 Å². The van der Waals surface area contributed by atoms with Crippen molar-refractivity contribution in [3.63, 3.8) is 0 Å². The third-order valence-electron chi connectivity index (χ3n) is 2.74. The lowest BCUT2D eigenvalue weighted by molar-refractivity contribution is -0.119. The van der Waals surface area contributed by atoms with Gasteiger partial charge in [-0.15, -0.1) is 0 Å². The molecule has 0 aromatic heterocycles. The van der Waals surface area contributed by atoms with E-state index in [0.29, 0.717) is 17.9 Å². The molecule has 0 aliphatic heterocycles. The molecule has 4 nitrogen and oxygen atoms in total. The lowest BCUT2D eigenvalue weighted by atomic mass is 10.2. The molecule has 4 heteroatoms. The second-order valence-electron chi connectivity index (χ2n) is 4.05. The first-order chi connectivity index (χ1) is 7.74. The van der Waals surface area contributed by atoms with Crippen molar-refractivity contribution >= 4 is 17.3 Å². The number of nitrogen functional groups attached to an aromatic ring is 1. The van der Waals surface area contributed by atoms with Crippen LogP contribution in [0.25, 0.3) is 0 Å². The second kappa shape index (κ2) is 4.53. The largest absolute Gasteiger partial charge is 0.397 e. The second-order valence-corrected chi connectivity index (χ2v) is 4.05. The maximum atomic E-state index is 12.0. The van der Waals surface area contributed by atoms with E-state index in [1.807, 2.05) is 18.2 Å². The Morgan fingerprint density at radius 3 is 2.69 bits per heavy atom. The summed E-state index contributed by atoms with van der Waals surface area (Å²) in [6.45, 7) is 0.260. The molecule has 1 amide bonds. The molecule has 0 heterocycles. The average molecular weight is 220 g/mol. The number of nitrogens with two attached hydrogens (primary N) is 1. The number of benzene rings is 1. The Morgan fingerprint density at radius 2 is 2.12 bits per heavy atom. The number of carbonyl (C=O) groups is 1. The SMILES string of the molecule is Nc1ccccc1N(CCO)C(=O)C1CC1. The molecular weight excluding hydrogens is 204 g/mol. The van der Waals surface area contributed by atoms with Gasteiger partial charge in [0, 0.05) is 12.5 Å². The van der Waals surface area contributed by atoms with Gasteiger partial charge in [-0.1, -0.05) is 12.1 Å². The van der Waals surface area contributed by atoms with Crippen molar-refractivity contribution in [3.8, 4) is 0 Å². The Balaban J connectivity index is 2.24. The number of aliphatic hydroxyl groups is 1. The molecule has 0 unspecified atom stereocenters. The minimum absolute atomic E-state index is 0.0488. The van der Waals surface area contributed by atoms with Crippen LogP contribution in [0.5, 0.6) is 0 Å². The highest BCUT2D eigenvalue weighted by Gasteiger charge is 2.34. The van der Waals surface area contributed by atoms with Gasteiger partial charge >= 0.3 is 0 Å². The average Bonchev–Trinajstić information content (AvgIpc) is 3.10. The highest BCUT2D eigenvalue weighted by Crippen LogP contribution is 2.34. The van der Waals surface area contributed by atoms with Gasteiger partial charge < -0.3 is 15.7 Å². The van der Waals surface area contributed by atoms with E-state index in [4.69, 9.17) is 10.8 Å². The molecule has 1 fully saturated rings. The van der Waals surface area contributed by atoms with Gasteiger partial charge in [0.15, 0.2) is 0 Å². The predicted molar refractivity (Wildman–Crippen MR) is 63.0 cm³/mol. The van der Waals surface area contributed by atoms with Crippen LogP contribution >= 0.6 is 0 Å². The van der Waals surface area contributed by atoms with Crippen LogP contribution in [-0.4, -0.2) is 24.2 Å². The topological polar surface area (TPSA) is 66.6 Å². The summed E-state index contributed by atoms with van der Waals surface area (Å²) in [6.07, 6.45) is 1.90. The molecule has 0 bridgehead atoms. The number of para-hydroxylation sites is 2. The predicted octanol–water partition coefficient (Wildman–Crippen LogP) is 1.00. The fourth-order valence-electron chi connectivity index (χ4n) is 1.73. The highest BCUT2D eigenvalue weighted by atomic mass is 16.3. The zero-order valence-corrected chi connectivity index (χ0v) is 9.10. The van der Waals surface area contributed by atoms with E-state index in [9.17, 15) is 4.79 Å². The first-order valence-electron chi connectivity index (χ1n) is 5.50. The quantitative estimate of drug-likeness (QED) is 0.744. The molecule has 1 aliphatic rings. The monoisotopic (exact) mass is 220 g/mol. The molecule has 2 rings (SSSR count). The van der Waals surface area contributed by atoms with Crippen LogP contribution in [0.2, 0.25) is 0 Å². The number of rotatable bonds is 4. The van der Waals surface area contributed by atoms with E-state index in [-0.39, 0.29) is 18.4 Å². The van der Waals surface area contributed by atoms with E-state index in [2.05, 4.69) is 0 Å². The van der Waals surface area contributed by atoms with Crippen LogP contribution in [0.1, 0.15) is 12.8 Å². The van der Waals surface area contributed by atoms with Crippen molar-refractivity contribution in [2.45, 2.75) is 12.8 Å².